The molecule has 0 aromatic heterocycles. The molecule has 0 radical (unpaired) electrons. The first-order valence-electron chi connectivity index (χ1n) is 7.40. The number of hydrogen-bond donors (Lipinski definition) is 1. The maximum atomic E-state index is 12.3. The first kappa shape index (κ1) is 14.3. The maximum absolute atomic E-state index is 12.3. The minimum atomic E-state index is 0.154. The third-order valence-corrected chi connectivity index (χ3v) is 4.44. The number of amides is 2. The van der Waals surface area contributed by atoms with Gasteiger partial charge in [0.25, 0.3) is 0 Å². The van der Waals surface area contributed by atoms with Gasteiger partial charge in [0.2, 0.25) is 11.8 Å². The number of hydrogen-bond acceptors (Lipinski definition) is 3. The van der Waals surface area contributed by atoms with Crippen molar-refractivity contribution in [2.75, 3.05) is 26.2 Å². The fourth-order valence-electron chi connectivity index (χ4n) is 3.23. The number of piperidine rings is 1. The summed E-state index contributed by atoms with van der Waals surface area (Å²) in [5.41, 5.74) is 5.80. The molecule has 2 rings (SSSR count). The fraction of sp³-hybridized carbons (Fsp3) is 0.857. The van der Waals surface area contributed by atoms with Crippen molar-refractivity contribution < 1.29 is 9.59 Å². The predicted molar refractivity (Wildman–Crippen MR) is 73.4 cm³/mol. The molecule has 5 nitrogen and oxygen atoms in total. The van der Waals surface area contributed by atoms with Crippen molar-refractivity contribution in [3.63, 3.8) is 0 Å². The zero-order valence-electron chi connectivity index (χ0n) is 11.8. The van der Waals surface area contributed by atoms with Crippen LogP contribution in [0.15, 0.2) is 0 Å². The van der Waals surface area contributed by atoms with Gasteiger partial charge in [0.15, 0.2) is 0 Å². The summed E-state index contributed by atoms with van der Waals surface area (Å²) < 4.78 is 0. The Morgan fingerprint density at radius 3 is 2.79 bits per heavy atom. The van der Waals surface area contributed by atoms with E-state index in [4.69, 9.17) is 5.73 Å². The molecule has 2 N–H and O–H groups in total. The van der Waals surface area contributed by atoms with E-state index in [0.717, 1.165) is 32.4 Å². The molecule has 0 bridgehead atoms. The van der Waals surface area contributed by atoms with Crippen molar-refractivity contribution in [3.8, 4) is 0 Å². The van der Waals surface area contributed by atoms with Gasteiger partial charge in [0, 0.05) is 45.1 Å². The van der Waals surface area contributed by atoms with E-state index in [2.05, 4.69) is 6.92 Å². The molecule has 2 aliphatic heterocycles. The van der Waals surface area contributed by atoms with Gasteiger partial charge in [-0.2, -0.15) is 0 Å². The van der Waals surface area contributed by atoms with E-state index in [1.54, 1.807) is 0 Å². The summed E-state index contributed by atoms with van der Waals surface area (Å²) in [7, 11) is 0. The first-order chi connectivity index (χ1) is 9.13. The summed E-state index contributed by atoms with van der Waals surface area (Å²) in [6, 6.07) is 0.176. The lowest BCUT2D eigenvalue weighted by Crippen LogP contribution is -2.51. The average molecular weight is 267 g/mol. The second kappa shape index (κ2) is 6.37. The second-order valence-electron chi connectivity index (χ2n) is 5.74. The Labute approximate surface area is 115 Å². The zero-order valence-corrected chi connectivity index (χ0v) is 11.8. The number of nitrogens with two attached hydrogens (primary N) is 1. The molecule has 108 valence electrons. The summed E-state index contributed by atoms with van der Waals surface area (Å²) >= 11 is 0. The summed E-state index contributed by atoms with van der Waals surface area (Å²) in [6.45, 7) is 4.90. The standard InChI is InChI=1S/C14H25N3O2/c1-11-4-2-8-17(12(11)10-15)14(19)6-9-16-7-3-5-13(16)18/h11-12H,2-10,15H2,1H3. The van der Waals surface area contributed by atoms with E-state index in [-0.39, 0.29) is 17.9 Å². The predicted octanol–water partition coefficient (Wildman–Crippen LogP) is 0.585. The van der Waals surface area contributed by atoms with Gasteiger partial charge < -0.3 is 15.5 Å². The average Bonchev–Trinajstić information content (AvgIpc) is 2.81. The van der Waals surface area contributed by atoms with Gasteiger partial charge in [-0.05, 0) is 25.2 Å². The van der Waals surface area contributed by atoms with Crippen molar-refractivity contribution in [1.82, 2.24) is 9.80 Å². The lowest BCUT2D eigenvalue weighted by molar-refractivity contribution is -0.137. The van der Waals surface area contributed by atoms with E-state index in [0.29, 0.717) is 31.8 Å². The summed E-state index contributed by atoms with van der Waals surface area (Å²) in [5, 5.41) is 0. The highest BCUT2D eigenvalue weighted by Crippen LogP contribution is 2.23. The van der Waals surface area contributed by atoms with E-state index in [1.165, 1.54) is 0 Å². The lowest BCUT2D eigenvalue weighted by atomic mass is 9.90. The molecule has 0 aromatic rings. The Hall–Kier alpha value is -1.10. The molecule has 0 saturated carbocycles. The van der Waals surface area contributed by atoms with Crippen molar-refractivity contribution in [1.29, 1.82) is 0 Å². The van der Waals surface area contributed by atoms with Crippen LogP contribution >= 0.6 is 0 Å². The third kappa shape index (κ3) is 3.26. The number of nitrogens with zero attached hydrogens (tertiary/aromatic N) is 2. The van der Waals surface area contributed by atoms with Gasteiger partial charge in [-0.3, -0.25) is 9.59 Å². The van der Waals surface area contributed by atoms with Crippen LogP contribution in [0.4, 0.5) is 0 Å². The molecule has 2 aliphatic rings. The van der Waals surface area contributed by atoms with Gasteiger partial charge in [0.05, 0.1) is 0 Å². The van der Waals surface area contributed by atoms with E-state index in [9.17, 15) is 9.59 Å². The molecule has 0 aromatic carbocycles. The minimum Gasteiger partial charge on any atom is -0.342 e. The fourth-order valence-corrected chi connectivity index (χ4v) is 3.23. The van der Waals surface area contributed by atoms with Crippen LogP contribution in [-0.2, 0) is 9.59 Å². The van der Waals surface area contributed by atoms with Gasteiger partial charge in [0.1, 0.15) is 0 Å². The molecular weight excluding hydrogens is 242 g/mol. The van der Waals surface area contributed by atoms with E-state index < -0.39 is 0 Å². The summed E-state index contributed by atoms with van der Waals surface area (Å²) in [4.78, 5) is 27.6. The topological polar surface area (TPSA) is 66.6 Å². The Balaban J connectivity index is 1.86. The van der Waals surface area contributed by atoms with Crippen LogP contribution in [0, 0.1) is 5.92 Å². The Kier molecular flexibility index (Phi) is 4.80. The lowest BCUT2D eigenvalue weighted by Gasteiger charge is -2.39. The Morgan fingerprint density at radius 1 is 1.37 bits per heavy atom. The van der Waals surface area contributed by atoms with Gasteiger partial charge in [-0.15, -0.1) is 0 Å². The number of likely N-dealkylation sites (tertiary alicyclic amines) is 2. The van der Waals surface area contributed by atoms with Crippen LogP contribution in [0.3, 0.4) is 0 Å². The van der Waals surface area contributed by atoms with Gasteiger partial charge in [-0.25, -0.2) is 0 Å². The maximum Gasteiger partial charge on any atom is 0.224 e. The smallest absolute Gasteiger partial charge is 0.224 e. The minimum absolute atomic E-state index is 0.154. The molecule has 2 heterocycles. The number of carbonyl (C=O) groups excluding carboxylic acids is 2. The van der Waals surface area contributed by atoms with Crippen LogP contribution < -0.4 is 5.73 Å². The monoisotopic (exact) mass is 267 g/mol. The number of rotatable bonds is 4. The molecule has 2 unspecified atom stereocenters. The molecular formula is C14H25N3O2. The van der Waals surface area contributed by atoms with E-state index >= 15 is 0 Å². The largest absolute Gasteiger partial charge is 0.342 e. The molecule has 5 heteroatoms. The van der Waals surface area contributed by atoms with Gasteiger partial charge >= 0.3 is 0 Å². The highest BCUT2D eigenvalue weighted by atomic mass is 16.2. The molecule has 0 spiro atoms. The van der Waals surface area contributed by atoms with Crippen molar-refractivity contribution in [3.05, 3.63) is 0 Å². The molecule has 19 heavy (non-hydrogen) atoms. The first-order valence-corrected chi connectivity index (χ1v) is 7.40. The van der Waals surface area contributed by atoms with Crippen LogP contribution in [0.1, 0.15) is 39.0 Å². The van der Waals surface area contributed by atoms with Gasteiger partial charge in [-0.1, -0.05) is 6.92 Å². The van der Waals surface area contributed by atoms with Crippen LogP contribution in [0.25, 0.3) is 0 Å². The molecule has 2 fully saturated rings. The molecule has 2 atom stereocenters. The van der Waals surface area contributed by atoms with Crippen molar-refractivity contribution in [2.45, 2.75) is 45.1 Å². The van der Waals surface area contributed by atoms with Crippen molar-refractivity contribution >= 4 is 11.8 Å². The van der Waals surface area contributed by atoms with Crippen LogP contribution in [-0.4, -0.2) is 53.8 Å². The van der Waals surface area contributed by atoms with Crippen LogP contribution in [0.2, 0.25) is 0 Å². The van der Waals surface area contributed by atoms with E-state index in [1.807, 2.05) is 9.80 Å². The highest BCUT2D eigenvalue weighted by molar-refractivity contribution is 5.80. The third-order valence-electron chi connectivity index (χ3n) is 4.44. The molecule has 2 amide bonds. The van der Waals surface area contributed by atoms with Crippen molar-refractivity contribution in [2.24, 2.45) is 11.7 Å². The summed E-state index contributed by atoms with van der Waals surface area (Å²) in [5.74, 6) is 0.827. The SMILES string of the molecule is CC1CCCN(C(=O)CCN2CCCC2=O)C1CN. The zero-order chi connectivity index (χ0) is 13.8. The quantitative estimate of drug-likeness (QED) is 0.810. The number of carbonyl (C=O) groups is 2. The molecule has 0 aliphatic carbocycles. The second-order valence-corrected chi connectivity index (χ2v) is 5.74. The molecule has 2 saturated heterocycles. The Bertz CT molecular complexity index is 346. The highest BCUT2D eigenvalue weighted by Gasteiger charge is 2.31. The summed E-state index contributed by atoms with van der Waals surface area (Å²) in [6.07, 6.45) is 4.22. The van der Waals surface area contributed by atoms with Crippen LogP contribution in [0.5, 0.6) is 0 Å². The Morgan fingerprint density at radius 2 is 2.16 bits per heavy atom. The normalized spacial score (nSPS) is 28.0.